The van der Waals surface area contributed by atoms with Crippen molar-refractivity contribution in [1.29, 1.82) is 0 Å². The van der Waals surface area contributed by atoms with Crippen LogP contribution in [0.15, 0.2) is 35.5 Å². The number of rotatable bonds is 4. The average molecular weight is 398 g/mol. The van der Waals surface area contributed by atoms with E-state index in [0.717, 1.165) is 0 Å². The van der Waals surface area contributed by atoms with Crippen LogP contribution in [0.4, 0.5) is 0 Å². The molecule has 1 aromatic carbocycles. The SMILES string of the molecule is O=S(=O)(c1ccc2c(c1)OCCO2)N1CC[C@H](Oc2ncc(Cl)cn2)C1. The second-order valence-electron chi connectivity index (χ2n) is 5.88. The lowest BCUT2D eigenvalue weighted by Gasteiger charge is -2.21. The van der Waals surface area contributed by atoms with Gasteiger partial charge in [-0.3, -0.25) is 0 Å². The third-order valence-corrected chi connectivity index (χ3v) is 6.18. The van der Waals surface area contributed by atoms with Crippen LogP contribution < -0.4 is 14.2 Å². The predicted molar refractivity (Wildman–Crippen MR) is 92.3 cm³/mol. The summed E-state index contributed by atoms with van der Waals surface area (Å²) in [4.78, 5) is 8.11. The molecule has 1 fully saturated rings. The van der Waals surface area contributed by atoms with Gasteiger partial charge in [0.15, 0.2) is 11.5 Å². The molecule has 0 aliphatic carbocycles. The Morgan fingerprint density at radius 2 is 1.88 bits per heavy atom. The number of benzene rings is 1. The molecule has 8 nitrogen and oxygen atoms in total. The summed E-state index contributed by atoms with van der Waals surface area (Å²) < 4.78 is 43.7. The maximum atomic E-state index is 12.9. The maximum Gasteiger partial charge on any atom is 0.316 e. The Balaban J connectivity index is 1.48. The maximum absolute atomic E-state index is 12.9. The van der Waals surface area contributed by atoms with Crippen LogP contribution in [0, 0.1) is 0 Å². The molecule has 0 unspecified atom stereocenters. The first-order chi connectivity index (χ1) is 12.5. The second kappa shape index (κ2) is 6.90. The number of nitrogens with zero attached hydrogens (tertiary/aromatic N) is 3. The Bertz CT molecular complexity index is 907. The zero-order chi connectivity index (χ0) is 18.1. The molecule has 0 N–H and O–H groups in total. The molecule has 1 aromatic heterocycles. The molecule has 0 amide bonds. The normalized spacial score (nSPS) is 20.1. The minimum atomic E-state index is -3.65. The molecule has 2 aliphatic rings. The lowest BCUT2D eigenvalue weighted by Crippen LogP contribution is -2.31. The predicted octanol–water partition coefficient (Wildman–Crippen LogP) is 1.74. The molecule has 4 rings (SSSR count). The summed E-state index contributed by atoms with van der Waals surface area (Å²) in [6.07, 6.45) is 3.10. The van der Waals surface area contributed by atoms with Crippen molar-refractivity contribution in [3.05, 3.63) is 35.6 Å². The molecule has 0 radical (unpaired) electrons. The minimum absolute atomic E-state index is 0.171. The van der Waals surface area contributed by atoms with Crippen LogP contribution in [0.2, 0.25) is 5.02 Å². The second-order valence-corrected chi connectivity index (χ2v) is 8.26. The van der Waals surface area contributed by atoms with E-state index in [-0.39, 0.29) is 23.6 Å². The van der Waals surface area contributed by atoms with Gasteiger partial charge in [0.1, 0.15) is 19.3 Å². The molecule has 26 heavy (non-hydrogen) atoms. The van der Waals surface area contributed by atoms with Gasteiger partial charge >= 0.3 is 6.01 Å². The molecular formula is C16H16ClN3O5S. The Morgan fingerprint density at radius 3 is 2.65 bits per heavy atom. The monoisotopic (exact) mass is 397 g/mol. The molecule has 2 aliphatic heterocycles. The number of sulfonamides is 1. The molecule has 1 saturated heterocycles. The Morgan fingerprint density at radius 1 is 1.15 bits per heavy atom. The molecule has 1 atom stereocenters. The summed E-state index contributed by atoms with van der Waals surface area (Å²) in [5.74, 6) is 0.997. The van der Waals surface area contributed by atoms with Crippen molar-refractivity contribution in [3.8, 4) is 17.5 Å². The standard InChI is InChI=1S/C16H16ClN3O5S/c17-11-8-18-16(19-9-11)25-12-3-4-20(10-12)26(21,22)13-1-2-14-15(7-13)24-6-5-23-14/h1-2,7-9,12H,3-6,10H2/t12-/m0/s1. The molecule has 3 heterocycles. The van der Waals surface area contributed by atoms with Crippen LogP contribution in [0.25, 0.3) is 0 Å². The van der Waals surface area contributed by atoms with Crippen LogP contribution in [0.3, 0.4) is 0 Å². The van der Waals surface area contributed by atoms with Crippen LogP contribution in [0.5, 0.6) is 17.5 Å². The topological polar surface area (TPSA) is 90.9 Å². The van der Waals surface area contributed by atoms with Crippen LogP contribution >= 0.6 is 11.6 Å². The Hall–Kier alpha value is -2.10. The number of fused-ring (bicyclic) bond motifs is 1. The highest BCUT2D eigenvalue weighted by Gasteiger charge is 2.34. The summed E-state index contributed by atoms with van der Waals surface area (Å²) in [5.41, 5.74) is 0. The number of aromatic nitrogens is 2. The first kappa shape index (κ1) is 17.3. The van der Waals surface area contributed by atoms with Crippen molar-refractivity contribution in [2.24, 2.45) is 0 Å². The fraction of sp³-hybridized carbons (Fsp3) is 0.375. The van der Waals surface area contributed by atoms with E-state index in [9.17, 15) is 8.42 Å². The molecular weight excluding hydrogens is 382 g/mol. The molecule has 0 spiro atoms. The Kier molecular flexibility index (Phi) is 4.60. The smallest absolute Gasteiger partial charge is 0.316 e. The van der Waals surface area contributed by atoms with E-state index >= 15 is 0 Å². The zero-order valence-electron chi connectivity index (χ0n) is 13.7. The van der Waals surface area contributed by atoms with Crippen molar-refractivity contribution in [2.45, 2.75) is 17.4 Å². The van der Waals surface area contributed by atoms with Gasteiger partial charge in [0.25, 0.3) is 0 Å². The minimum Gasteiger partial charge on any atom is -0.486 e. The largest absolute Gasteiger partial charge is 0.486 e. The lowest BCUT2D eigenvalue weighted by atomic mass is 10.3. The summed E-state index contributed by atoms with van der Waals surface area (Å²) in [6, 6.07) is 4.82. The summed E-state index contributed by atoms with van der Waals surface area (Å²) >= 11 is 5.74. The molecule has 0 saturated carbocycles. The summed E-state index contributed by atoms with van der Waals surface area (Å²) in [7, 11) is -3.65. The first-order valence-corrected chi connectivity index (χ1v) is 9.88. The lowest BCUT2D eigenvalue weighted by molar-refractivity contribution is 0.171. The molecule has 0 bridgehead atoms. The van der Waals surface area contributed by atoms with E-state index in [4.69, 9.17) is 25.8 Å². The number of hydrogen-bond donors (Lipinski definition) is 0. The van der Waals surface area contributed by atoms with Gasteiger partial charge in [0, 0.05) is 12.6 Å². The third kappa shape index (κ3) is 3.42. The van der Waals surface area contributed by atoms with Gasteiger partial charge in [-0.2, -0.15) is 4.31 Å². The van der Waals surface area contributed by atoms with Crippen molar-refractivity contribution < 1.29 is 22.6 Å². The van der Waals surface area contributed by atoms with E-state index < -0.39 is 10.0 Å². The highest BCUT2D eigenvalue weighted by Crippen LogP contribution is 2.34. The van der Waals surface area contributed by atoms with Crippen molar-refractivity contribution >= 4 is 21.6 Å². The molecule has 10 heteroatoms. The highest BCUT2D eigenvalue weighted by atomic mass is 35.5. The van der Waals surface area contributed by atoms with E-state index in [1.807, 2.05) is 0 Å². The van der Waals surface area contributed by atoms with Gasteiger partial charge in [-0.05, 0) is 18.6 Å². The number of hydrogen-bond acceptors (Lipinski definition) is 7. The average Bonchev–Trinajstić information content (AvgIpc) is 3.12. The van der Waals surface area contributed by atoms with Crippen LogP contribution in [0.1, 0.15) is 6.42 Å². The van der Waals surface area contributed by atoms with Crippen LogP contribution in [-0.2, 0) is 10.0 Å². The van der Waals surface area contributed by atoms with Crippen molar-refractivity contribution in [2.75, 3.05) is 26.3 Å². The highest BCUT2D eigenvalue weighted by molar-refractivity contribution is 7.89. The summed E-state index contributed by atoms with van der Waals surface area (Å²) in [6.45, 7) is 1.44. The number of ether oxygens (including phenoxy) is 3. The van der Waals surface area contributed by atoms with E-state index in [2.05, 4.69) is 9.97 Å². The van der Waals surface area contributed by atoms with E-state index in [1.165, 1.54) is 28.8 Å². The van der Waals surface area contributed by atoms with Gasteiger partial charge in [-0.25, -0.2) is 18.4 Å². The van der Waals surface area contributed by atoms with Gasteiger partial charge in [0.2, 0.25) is 10.0 Å². The van der Waals surface area contributed by atoms with E-state index in [0.29, 0.717) is 42.7 Å². The fourth-order valence-corrected chi connectivity index (χ4v) is 4.46. The molecule has 2 aromatic rings. The zero-order valence-corrected chi connectivity index (χ0v) is 15.2. The van der Waals surface area contributed by atoms with E-state index in [1.54, 1.807) is 6.07 Å². The van der Waals surface area contributed by atoms with Crippen molar-refractivity contribution in [3.63, 3.8) is 0 Å². The first-order valence-electron chi connectivity index (χ1n) is 8.06. The van der Waals surface area contributed by atoms with Gasteiger partial charge in [0.05, 0.1) is 28.9 Å². The Labute approximate surface area is 155 Å². The van der Waals surface area contributed by atoms with Crippen molar-refractivity contribution in [1.82, 2.24) is 14.3 Å². The van der Waals surface area contributed by atoms with Gasteiger partial charge < -0.3 is 14.2 Å². The fourth-order valence-electron chi connectivity index (χ4n) is 2.86. The third-order valence-electron chi connectivity index (χ3n) is 4.13. The van der Waals surface area contributed by atoms with Crippen LogP contribution in [-0.4, -0.2) is 55.1 Å². The van der Waals surface area contributed by atoms with Gasteiger partial charge in [-0.15, -0.1) is 0 Å². The quantitative estimate of drug-likeness (QED) is 0.776. The number of halogens is 1. The summed E-state index contributed by atoms with van der Waals surface area (Å²) in [5, 5.41) is 0.409. The van der Waals surface area contributed by atoms with Gasteiger partial charge in [-0.1, -0.05) is 11.6 Å². The molecule has 138 valence electrons.